The summed E-state index contributed by atoms with van der Waals surface area (Å²) in [4.78, 5) is 41.1. The van der Waals surface area contributed by atoms with Crippen LogP contribution in [-0.2, 0) is 14.3 Å². The molecule has 7 nitrogen and oxygen atoms in total. The molecule has 196 valence electrons. The van der Waals surface area contributed by atoms with Crippen LogP contribution in [0.1, 0.15) is 57.4 Å². The molecule has 0 aliphatic carbocycles. The van der Waals surface area contributed by atoms with E-state index in [9.17, 15) is 14.4 Å². The Morgan fingerprint density at radius 1 is 0.919 bits per heavy atom. The summed E-state index contributed by atoms with van der Waals surface area (Å²) in [7, 11) is 0. The van der Waals surface area contributed by atoms with E-state index in [1.54, 1.807) is 20.8 Å². The fourth-order valence-corrected chi connectivity index (χ4v) is 4.23. The number of carbonyl (C=O) groups is 3. The third-order valence-electron chi connectivity index (χ3n) is 5.90. The van der Waals surface area contributed by atoms with E-state index in [0.717, 1.165) is 27.5 Å². The van der Waals surface area contributed by atoms with Crippen molar-refractivity contribution < 1.29 is 19.1 Å². The largest absolute Gasteiger partial charge is 0.444 e. The van der Waals surface area contributed by atoms with E-state index in [0.29, 0.717) is 5.69 Å². The highest BCUT2D eigenvalue weighted by Gasteiger charge is 2.34. The Kier molecular flexibility index (Phi) is 8.58. The van der Waals surface area contributed by atoms with Gasteiger partial charge in [0, 0.05) is 11.7 Å². The first-order valence-electron chi connectivity index (χ1n) is 12.5. The number of aryl methyl sites for hydroxylation is 2. The molecule has 3 aromatic carbocycles. The minimum atomic E-state index is -0.903. The SMILES string of the molecule is Cc1ccc(C)c(C(C(=O)Nc2ccc3ccccc3c2)N(C(=O)CNC(=O)OC(C)(C)C)C(C)C)c1. The van der Waals surface area contributed by atoms with Gasteiger partial charge in [-0.1, -0.05) is 54.1 Å². The van der Waals surface area contributed by atoms with Gasteiger partial charge in [-0.05, 0) is 82.5 Å². The number of carbonyl (C=O) groups excluding carboxylic acids is 3. The lowest BCUT2D eigenvalue weighted by Crippen LogP contribution is -2.49. The van der Waals surface area contributed by atoms with Crippen LogP contribution in [0.5, 0.6) is 0 Å². The Hall–Kier alpha value is -3.87. The average molecular weight is 504 g/mol. The molecular formula is C30H37N3O4. The molecule has 7 heteroatoms. The van der Waals surface area contributed by atoms with Gasteiger partial charge in [0.1, 0.15) is 18.2 Å². The van der Waals surface area contributed by atoms with Crippen LogP contribution in [0.25, 0.3) is 10.8 Å². The van der Waals surface area contributed by atoms with Gasteiger partial charge in [-0.15, -0.1) is 0 Å². The molecule has 1 atom stereocenters. The van der Waals surface area contributed by atoms with Crippen LogP contribution in [0.4, 0.5) is 10.5 Å². The summed E-state index contributed by atoms with van der Waals surface area (Å²) in [5.41, 5.74) is 2.56. The molecule has 0 aromatic heterocycles. The summed E-state index contributed by atoms with van der Waals surface area (Å²) in [6, 6.07) is 18.3. The van der Waals surface area contributed by atoms with E-state index >= 15 is 0 Å². The lowest BCUT2D eigenvalue weighted by atomic mass is 9.95. The standard InChI is InChI=1S/C30H37N3O4/c1-19(2)33(26(34)18-31-29(36)37-30(5,6)7)27(25-16-20(3)12-13-21(25)4)28(35)32-24-15-14-22-10-8-9-11-23(22)17-24/h8-17,19,27H,18H2,1-7H3,(H,31,36)(H,32,35). The zero-order chi connectivity index (χ0) is 27.3. The van der Waals surface area contributed by atoms with Crippen molar-refractivity contribution >= 4 is 34.4 Å². The highest BCUT2D eigenvalue weighted by atomic mass is 16.6. The number of nitrogens with zero attached hydrogens (tertiary/aromatic N) is 1. The van der Waals surface area contributed by atoms with Gasteiger partial charge in [-0.3, -0.25) is 9.59 Å². The molecule has 0 aliphatic heterocycles. The number of amides is 3. The smallest absolute Gasteiger partial charge is 0.408 e. The average Bonchev–Trinajstić information content (AvgIpc) is 2.81. The molecule has 37 heavy (non-hydrogen) atoms. The molecule has 3 amide bonds. The van der Waals surface area contributed by atoms with Gasteiger partial charge in [0.05, 0.1) is 0 Å². The van der Waals surface area contributed by atoms with Gasteiger partial charge in [0.25, 0.3) is 5.91 Å². The maximum Gasteiger partial charge on any atom is 0.408 e. The predicted octanol–water partition coefficient (Wildman–Crippen LogP) is 5.90. The Morgan fingerprint density at radius 3 is 2.24 bits per heavy atom. The second-order valence-corrected chi connectivity index (χ2v) is 10.6. The number of ether oxygens (including phenoxy) is 1. The van der Waals surface area contributed by atoms with Crippen LogP contribution >= 0.6 is 0 Å². The number of anilines is 1. The van der Waals surface area contributed by atoms with Crippen LogP contribution < -0.4 is 10.6 Å². The van der Waals surface area contributed by atoms with E-state index in [1.807, 2.05) is 88.4 Å². The van der Waals surface area contributed by atoms with Gasteiger partial charge in [-0.2, -0.15) is 0 Å². The normalized spacial score (nSPS) is 12.2. The fraction of sp³-hybridized carbons (Fsp3) is 0.367. The molecule has 0 saturated heterocycles. The highest BCUT2D eigenvalue weighted by Crippen LogP contribution is 2.29. The van der Waals surface area contributed by atoms with E-state index in [1.165, 1.54) is 4.90 Å². The minimum absolute atomic E-state index is 0.294. The van der Waals surface area contributed by atoms with Gasteiger partial charge >= 0.3 is 6.09 Å². The van der Waals surface area contributed by atoms with Crippen molar-refractivity contribution in [2.75, 3.05) is 11.9 Å². The lowest BCUT2D eigenvalue weighted by Gasteiger charge is -2.35. The summed E-state index contributed by atoms with van der Waals surface area (Å²) in [6.07, 6.45) is -0.687. The molecule has 0 spiro atoms. The molecule has 0 saturated carbocycles. The maximum atomic E-state index is 13.9. The molecule has 0 radical (unpaired) electrons. The van der Waals surface area contributed by atoms with Gasteiger partial charge in [0.15, 0.2) is 0 Å². The van der Waals surface area contributed by atoms with Crippen molar-refractivity contribution in [2.45, 2.75) is 66.2 Å². The van der Waals surface area contributed by atoms with Gasteiger partial charge in [0.2, 0.25) is 5.91 Å². The van der Waals surface area contributed by atoms with Crippen LogP contribution in [0.3, 0.4) is 0 Å². The van der Waals surface area contributed by atoms with Crippen LogP contribution in [0.2, 0.25) is 0 Å². The summed E-state index contributed by atoms with van der Waals surface area (Å²) in [5.74, 6) is -0.719. The van der Waals surface area contributed by atoms with Crippen molar-refractivity contribution in [1.82, 2.24) is 10.2 Å². The molecule has 1 unspecified atom stereocenters. The van der Waals surface area contributed by atoms with E-state index in [-0.39, 0.29) is 24.4 Å². The topological polar surface area (TPSA) is 87.7 Å². The first-order chi connectivity index (χ1) is 17.4. The molecule has 0 fully saturated rings. The monoisotopic (exact) mass is 503 g/mol. The minimum Gasteiger partial charge on any atom is -0.444 e. The second-order valence-electron chi connectivity index (χ2n) is 10.6. The third-order valence-corrected chi connectivity index (χ3v) is 5.90. The number of benzene rings is 3. The first kappa shape index (κ1) is 27.7. The zero-order valence-corrected chi connectivity index (χ0v) is 22.7. The van der Waals surface area contributed by atoms with Crippen molar-refractivity contribution in [3.63, 3.8) is 0 Å². The molecule has 2 N–H and O–H groups in total. The molecule has 0 heterocycles. The summed E-state index contributed by atoms with van der Waals surface area (Å²) < 4.78 is 5.27. The number of hydrogen-bond donors (Lipinski definition) is 2. The molecule has 3 rings (SSSR count). The van der Waals surface area contributed by atoms with Crippen molar-refractivity contribution in [3.8, 4) is 0 Å². The van der Waals surface area contributed by atoms with Gasteiger partial charge in [-0.25, -0.2) is 4.79 Å². The second kappa shape index (κ2) is 11.5. The Labute approximate surface area is 219 Å². The first-order valence-corrected chi connectivity index (χ1v) is 12.5. The Morgan fingerprint density at radius 2 is 1.59 bits per heavy atom. The molecule has 0 aliphatic rings. The summed E-state index contributed by atoms with van der Waals surface area (Å²) in [5, 5.41) is 7.62. The molecule has 0 bridgehead atoms. The quantitative estimate of drug-likeness (QED) is 0.420. The summed E-state index contributed by atoms with van der Waals surface area (Å²) in [6.45, 7) is 12.5. The number of fused-ring (bicyclic) bond motifs is 1. The van der Waals surface area contributed by atoms with E-state index < -0.39 is 17.7 Å². The zero-order valence-electron chi connectivity index (χ0n) is 22.7. The van der Waals surface area contributed by atoms with Gasteiger partial charge < -0.3 is 20.3 Å². The van der Waals surface area contributed by atoms with Crippen molar-refractivity contribution in [1.29, 1.82) is 0 Å². The molecular weight excluding hydrogens is 466 g/mol. The number of alkyl carbamates (subject to hydrolysis) is 1. The van der Waals surface area contributed by atoms with Crippen LogP contribution in [0.15, 0.2) is 60.7 Å². The fourth-order valence-electron chi connectivity index (χ4n) is 4.23. The number of nitrogens with one attached hydrogen (secondary N) is 2. The third kappa shape index (κ3) is 7.32. The summed E-state index contributed by atoms with van der Waals surface area (Å²) >= 11 is 0. The Balaban J connectivity index is 1.95. The van der Waals surface area contributed by atoms with E-state index in [4.69, 9.17) is 4.74 Å². The predicted molar refractivity (Wildman–Crippen MR) is 147 cm³/mol. The van der Waals surface area contributed by atoms with Crippen molar-refractivity contribution in [2.24, 2.45) is 0 Å². The number of rotatable bonds is 7. The lowest BCUT2D eigenvalue weighted by molar-refractivity contribution is -0.140. The maximum absolute atomic E-state index is 13.9. The Bertz CT molecular complexity index is 1290. The van der Waals surface area contributed by atoms with Crippen LogP contribution in [-0.4, -0.2) is 41.0 Å². The van der Waals surface area contributed by atoms with E-state index in [2.05, 4.69) is 10.6 Å². The van der Waals surface area contributed by atoms with Crippen molar-refractivity contribution in [3.05, 3.63) is 77.4 Å². The molecule has 3 aromatic rings. The number of hydrogen-bond acceptors (Lipinski definition) is 4. The van der Waals surface area contributed by atoms with Crippen LogP contribution in [0, 0.1) is 13.8 Å². The highest BCUT2D eigenvalue weighted by molar-refractivity contribution is 6.00.